The molecule has 0 aromatic carbocycles. The van der Waals surface area contributed by atoms with Crippen LogP contribution in [0.3, 0.4) is 0 Å². The Balaban J connectivity index is 1.99. The maximum absolute atomic E-state index is 13.1. The first-order valence-corrected chi connectivity index (χ1v) is 10.3. The third kappa shape index (κ3) is 1.68. The molecule has 26 heavy (non-hydrogen) atoms. The number of aliphatic carboxylic acids is 1. The van der Waals surface area contributed by atoms with Crippen LogP contribution >= 0.6 is 0 Å². The average molecular weight is 357 g/mol. The van der Waals surface area contributed by atoms with Crippen molar-refractivity contribution in [2.45, 2.75) is 53.4 Å². The number of ether oxygens (including phenoxy) is 1. The van der Waals surface area contributed by atoms with E-state index in [1.54, 1.807) is 0 Å². The fourth-order valence-electron chi connectivity index (χ4n) is 7.82. The zero-order chi connectivity index (χ0) is 18.9. The molecule has 0 unspecified atom stereocenters. The number of nitrogens with zero attached hydrogens (tertiary/aromatic N) is 1. The normalized spacial score (nSPS) is 48.4. The molecule has 0 aromatic heterocycles. The molecule has 4 bridgehead atoms. The molecule has 4 rings (SSSR count). The first kappa shape index (κ1) is 18.0. The molecular formula is C22H31NO3. The third-order valence-corrected chi connectivity index (χ3v) is 8.60. The Labute approximate surface area is 156 Å². The van der Waals surface area contributed by atoms with Crippen molar-refractivity contribution >= 4 is 5.97 Å². The topological polar surface area (TPSA) is 70.3 Å². The van der Waals surface area contributed by atoms with Gasteiger partial charge < -0.3 is 9.84 Å². The Hall–Kier alpha value is -1.34. The molecule has 0 amide bonds. The van der Waals surface area contributed by atoms with Crippen molar-refractivity contribution in [1.82, 2.24) is 0 Å². The standard InChI is InChI=1S/C22H31NO3/c1-5-26-12-21-10-16-14(4)6-7-17(16)20(11-23)9-15(21)8-18(13(2)3)22(20,21)19(24)25/h8,13-17H,5-7,9-10,12H2,1-4H3,(H,24,25)/t14-,15+,16-,17-,20+,21+,22+/m1/s1. The molecule has 0 aliphatic heterocycles. The summed E-state index contributed by atoms with van der Waals surface area (Å²) >= 11 is 0. The molecule has 1 N–H and O–H groups in total. The van der Waals surface area contributed by atoms with Crippen molar-refractivity contribution < 1.29 is 14.6 Å². The maximum Gasteiger partial charge on any atom is 0.316 e. The molecule has 0 aromatic rings. The molecule has 7 atom stereocenters. The van der Waals surface area contributed by atoms with Gasteiger partial charge in [0, 0.05) is 12.0 Å². The summed E-state index contributed by atoms with van der Waals surface area (Å²) in [5, 5.41) is 21.2. The summed E-state index contributed by atoms with van der Waals surface area (Å²) in [6.07, 6.45) is 5.94. The predicted octanol–water partition coefficient (Wildman–Crippen LogP) is 4.27. The largest absolute Gasteiger partial charge is 0.481 e. The number of rotatable bonds is 5. The Morgan fingerprint density at radius 3 is 2.73 bits per heavy atom. The van der Waals surface area contributed by atoms with E-state index in [0.717, 1.165) is 24.8 Å². The highest BCUT2D eigenvalue weighted by atomic mass is 16.5. The lowest BCUT2D eigenvalue weighted by Crippen LogP contribution is -2.62. The van der Waals surface area contributed by atoms with Gasteiger partial charge in [-0.2, -0.15) is 5.26 Å². The third-order valence-electron chi connectivity index (χ3n) is 8.60. The van der Waals surface area contributed by atoms with E-state index in [1.807, 2.05) is 6.92 Å². The summed E-state index contributed by atoms with van der Waals surface area (Å²) in [6, 6.07) is 2.66. The van der Waals surface area contributed by atoms with Crippen molar-refractivity contribution in [2.75, 3.05) is 13.2 Å². The van der Waals surface area contributed by atoms with Gasteiger partial charge in [0.2, 0.25) is 0 Å². The Morgan fingerprint density at radius 2 is 2.15 bits per heavy atom. The number of carbonyl (C=O) groups is 1. The van der Waals surface area contributed by atoms with E-state index < -0.39 is 22.2 Å². The van der Waals surface area contributed by atoms with Crippen molar-refractivity contribution in [3.8, 4) is 6.07 Å². The summed E-state index contributed by atoms with van der Waals surface area (Å²) in [6.45, 7) is 9.49. The van der Waals surface area contributed by atoms with Gasteiger partial charge in [0.15, 0.2) is 0 Å². The van der Waals surface area contributed by atoms with Crippen LogP contribution < -0.4 is 0 Å². The molecule has 142 valence electrons. The summed E-state index contributed by atoms with van der Waals surface area (Å²) in [5.74, 6) is 0.741. The van der Waals surface area contributed by atoms with E-state index in [9.17, 15) is 15.2 Å². The van der Waals surface area contributed by atoms with Gasteiger partial charge in [-0.05, 0) is 55.8 Å². The fraction of sp³-hybridized carbons (Fsp3) is 0.818. The quantitative estimate of drug-likeness (QED) is 0.746. The van der Waals surface area contributed by atoms with Crippen LogP contribution in [0, 0.1) is 57.2 Å². The highest BCUT2D eigenvalue weighted by molar-refractivity contribution is 5.85. The molecular weight excluding hydrogens is 326 g/mol. The van der Waals surface area contributed by atoms with Gasteiger partial charge >= 0.3 is 5.97 Å². The Morgan fingerprint density at radius 1 is 1.42 bits per heavy atom. The monoisotopic (exact) mass is 357 g/mol. The lowest BCUT2D eigenvalue weighted by atomic mass is 9.43. The number of hydrogen-bond acceptors (Lipinski definition) is 3. The number of carboxylic acids is 1. The second-order valence-electron chi connectivity index (χ2n) is 9.55. The van der Waals surface area contributed by atoms with Gasteiger partial charge in [-0.1, -0.05) is 38.8 Å². The highest BCUT2D eigenvalue weighted by Crippen LogP contribution is 2.83. The molecule has 0 radical (unpaired) electrons. The number of carboxylic acid groups (broad SMARTS) is 1. The Bertz CT molecular complexity index is 707. The first-order chi connectivity index (χ1) is 12.3. The van der Waals surface area contributed by atoms with E-state index in [4.69, 9.17) is 4.74 Å². The molecule has 4 aliphatic rings. The second kappa shape index (κ2) is 5.58. The van der Waals surface area contributed by atoms with Crippen molar-refractivity contribution in [1.29, 1.82) is 5.26 Å². The average Bonchev–Trinajstić information content (AvgIpc) is 3.17. The summed E-state index contributed by atoms with van der Waals surface area (Å²) in [4.78, 5) is 13.1. The molecule has 4 heteroatoms. The number of hydrogen-bond donors (Lipinski definition) is 1. The van der Waals surface area contributed by atoms with Crippen LogP contribution in [0.4, 0.5) is 0 Å². The minimum Gasteiger partial charge on any atom is -0.481 e. The molecule has 0 heterocycles. The van der Waals surface area contributed by atoms with Crippen molar-refractivity contribution in [3.05, 3.63) is 11.6 Å². The second-order valence-corrected chi connectivity index (χ2v) is 9.55. The Kier molecular flexibility index (Phi) is 3.87. The van der Waals surface area contributed by atoms with Gasteiger partial charge in [-0.3, -0.25) is 4.79 Å². The lowest BCUT2D eigenvalue weighted by Gasteiger charge is -2.57. The van der Waals surface area contributed by atoms with Crippen molar-refractivity contribution in [2.24, 2.45) is 45.8 Å². The summed E-state index contributed by atoms with van der Waals surface area (Å²) < 4.78 is 5.95. The lowest BCUT2D eigenvalue weighted by molar-refractivity contribution is -0.179. The first-order valence-electron chi connectivity index (χ1n) is 10.3. The van der Waals surface area contributed by atoms with E-state index >= 15 is 0 Å². The molecule has 0 saturated heterocycles. The van der Waals surface area contributed by atoms with Gasteiger partial charge in [0.05, 0.1) is 18.1 Å². The molecule has 3 fully saturated rings. The SMILES string of the molecule is CCOC[C@@]12C[C@@H]3[C@H](C)CC[C@H]3[C@@]3(C#N)C[C@@H]1C=C(C(C)C)[C@@]23C(=O)O. The van der Waals surface area contributed by atoms with E-state index in [2.05, 4.69) is 32.9 Å². The van der Waals surface area contributed by atoms with Crippen LogP contribution in [0.25, 0.3) is 0 Å². The predicted molar refractivity (Wildman–Crippen MR) is 98.1 cm³/mol. The van der Waals surface area contributed by atoms with Crippen LogP contribution in [0.2, 0.25) is 0 Å². The smallest absolute Gasteiger partial charge is 0.316 e. The summed E-state index contributed by atoms with van der Waals surface area (Å²) in [7, 11) is 0. The minimum atomic E-state index is -1.08. The molecule has 3 saturated carbocycles. The molecule has 4 aliphatic carbocycles. The van der Waals surface area contributed by atoms with Gasteiger partial charge in [0.1, 0.15) is 5.41 Å². The van der Waals surface area contributed by atoms with E-state index in [-0.39, 0.29) is 17.8 Å². The molecule has 0 spiro atoms. The zero-order valence-electron chi connectivity index (χ0n) is 16.4. The summed E-state index contributed by atoms with van der Waals surface area (Å²) in [5.41, 5.74) is -1.30. The van der Waals surface area contributed by atoms with Crippen molar-refractivity contribution in [3.63, 3.8) is 0 Å². The van der Waals surface area contributed by atoms with Gasteiger partial charge in [0.25, 0.3) is 0 Å². The maximum atomic E-state index is 13.1. The highest BCUT2D eigenvalue weighted by Gasteiger charge is 2.84. The van der Waals surface area contributed by atoms with Gasteiger partial charge in [-0.25, -0.2) is 0 Å². The number of nitriles is 1. The number of fused-ring (bicyclic) bond motifs is 2. The zero-order valence-corrected chi connectivity index (χ0v) is 16.4. The fourth-order valence-corrected chi connectivity index (χ4v) is 7.82. The van der Waals surface area contributed by atoms with E-state index in [0.29, 0.717) is 31.5 Å². The molecule has 4 nitrogen and oxygen atoms in total. The van der Waals surface area contributed by atoms with Crippen LogP contribution in [-0.4, -0.2) is 24.3 Å². The van der Waals surface area contributed by atoms with E-state index in [1.165, 1.54) is 0 Å². The van der Waals surface area contributed by atoms with Crippen LogP contribution in [0.15, 0.2) is 11.6 Å². The van der Waals surface area contributed by atoms with Crippen LogP contribution in [0.1, 0.15) is 53.4 Å². The van der Waals surface area contributed by atoms with Crippen LogP contribution in [0.5, 0.6) is 0 Å². The van der Waals surface area contributed by atoms with Crippen LogP contribution in [-0.2, 0) is 9.53 Å². The minimum absolute atomic E-state index is 0.139. The number of allylic oxidation sites excluding steroid dienone is 1. The van der Waals surface area contributed by atoms with Gasteiger partial charge in [-0.15, -0.1) is 0 Å².